The summed E-state index contributed by atoms with van der Waals surface area (Å²) >= 11 is 1.62. The predicted octanol–water partition coefficient (Wildman–Crippen LogP) is 4.36. The van der Waals surface area contributed by atoms with Gasteiger partial charge in [-0.2, -0.15) is 0 Å². The summed E-state index contributed by atoms with van der Waals surface area (Å²) < 4.78 is 0. The summed E-state index contributed by atoms with van der Waals surface area (Å²) in [4.78, 5) is 2.12. The van der Waals surface area contributed by atoms with Gasteiger partial charge in [-0.15, -0.1) is 0 Å². The zero-order valence-electron chi connectivity index (χ0n) is 12.5. The standard InChI is InChI=1S/C17H20N2OS/c1-11(2)13-5-7-14(8-6-13)21-16-10-12(3)4-9-15(16)17(18)19-20/h4-11,20H,1-3H3,(H2,18,19). The van der Waals surface area contributed by atoms with Crippen molar-refractivity contribution in [3.8, 4) is 0 Å². The molecule has 0 aliphatic rings. The minimum atomic E-state index is 0.135. The largest absolute Gasteiger partial charge is 0.409 e. The number of oxime groups is 1. The van der Waals surface area contributed by atoms with Crippen LogP contribution in [0.2, 0.25) is 0 Å². The van der Waals surface area contributed by atoms with Crippen molar-refractivity contribution in [1.29, 1.82) is 0 Å². The number of nitrogens with two attached hydrogens (primary N) is 1. The molecule has 0 fully saturated rings. The van der Waals surface area contributed by atoms with E-state index in [0.29, 0.717) is 5.92 Å². The first-order valence-corrected chi connectivity index (χ1v) is 7.69. The van der Waals surface area contributed by atoms with Crippen LogP contribution in [-0.2, 0) is 0 Å². The Morgan fingerprint density at radius 2 is 1.81 bits per heavy atom. The third-order valence-electron chi connectivity index (χ3n) is 3.30. The first kappa shape index (κ1) is 15.4. The third-order valence-corrected chi connectivity index (χ3v) is 4.36. The molecule has 0 aromatic heterocycles. The lowest BCUT2D eigenvalue weighted by Crippen LogP contribution is -2.14. The summed E-state index contributed by atoms with van der Waals surface area (Å²) in [7, 11) is 0. The highest BCUT2D eigenvalue weighted by molar-refractivity contribution is 7.99. The highest BCUT2D eigenvalue weighted by Gasteiger charge is 2.09. The Bertz CT molecular complexity index is 648. The van der Waals surface area contributed by atoms with Crippen LogP contribution in [0.3, 0.4) is 0 Å². The van der Waals surface area contributed by atoms with Crippen molar-refractivity contribution in [3.63, 3.8) is 0 Å². The monoisotopic (exact) mass is 300 g/mol. The van der Waals surface area contributed by atoms with E-state index in [0.717, 1.165) is 20.9 Å². The molecule has 3 N–H and O–H groups in total. The Hall–Kier alpha value is -1.94. The molecule has 2 aromatic rings. The van der Waals surface area contributed by atoms with Gasteiger partial charge in [0, 0.05) is 15.4 Å². The van der Waals surface area contributed by atoms with Crippen molar-refractivity contribution < 1.29 is 5.21 Å². The van der Waals surface area contributed by atoms with E-state index in [9.17, 15) is 0 Å². The molecule has 0 heterocycles. The van der Waals surface area contributed by atoms with E-state index < -0.39 is 0 Å². The average molecular weight is 300 g/mol. The molecule has 110 valence electrons. The summed E-state index contributed by atoms with van der Waals surface area (Å²) in [6.45, 7) is 6.39. The Balaban J connectivity index is 2.32. The Morgan fingerprint density at radius 3 is 2.38 bits per heavy atom. The summed E-state index contributed by atoms with van der Waals surface area (Å²) in [5, 5.41) is 12.0. The van der Waals surface area contributed by atoms with E-state index in [4.69, 9.17) is 10.9 Å². The fourth-order valence-corrected chi connectivity index (χ4v) is 3.08. The number of hydrogen-bond donors (Lipinski definition) is 2. The quantitative estimate of drug-likeness (QED) is 0.381. The van der Waals surface area contributed by atoms with Crippen molar-refractivity contribution in [2.45, 2.75) is 36.5 Å². The van der Waals surface area contributed by atoms with Gasteiger partial charge < -0.3 is 10.9 Å². The number of benzene rings is 2. The second-order valence-electron chi connectivity index (χ2n) is 5.31. The second-order valence-corrected chi connectivity index (χ2v) is 6.43. The van der Waals surface area contributed by atoms with Crippen LogP contribution in [-0.4, -0.2) is 11.0 Å². The molecule has 0 spiro atoms. The summed E-state index contributed by atoms with van der Waals surface area (Å²) in [5.41, 5.74) is 8.96. The lowest BCUT2D eigenvalue weighted by Gasteiger charge is -2.10. The Kier molecular flexibility index (Phi) is 4.91. The SMILES string of the molecule is Cc1ccc(C(N)=NO)c(Sc2ccc(C(C)C)cc2)c1. The van der Waals surface area contributed by atoms with Gasteiger partial charge in [0.25, 0.3) is 0 Å². The van der Waals surface area contributed by atoms with E-state index in [1.165, 1.54) is 5.56 Å². The van der Waals surface area contributed by atoms with Gasteiger partial charge in [0.15, 0.2) is 5.84 Å². The molecule has 0 saturated heterocycles. The highest BCUT2D eigenvalue weighted by Crippen LogP contribution is 2.32. The molecule has 4 heteroatoms. The van der Waals surface area contributed by atoms with Crippen molar-refractivity contribution >= 4 is 17.6 Å². The maximum Gasteiger partial charge on any atom is 0.171 e. The molecule has 0 amide bonds. The molecule has 0 unspecified atom stereocenters. The second kappa shape index (κ2) is 6.68. The van der Waals surface area contributed by atoms with Crippen LogP contribution < -0.4 is 5.73 Å². The molecule has 3 nitrogen and oxygen atoms in total. The summed E-state index contributed by atoms with van der Waals surface area (Å²) in [6.07, 6.45) is 0. The van der Waals surface area contributed by atoms with Crippen molar-refractivity contribution in [1.82, 2.24) is 0 Å². The van der Waals surface area contributed by atoms with E-state index in [2.05, 4.69) is 43.3 Å². The van der Waals surface area contributed by atoms with Crippen molar-refractivity contribution in [3.05, 3.63) is 59.2 Å². The first-order valence-electron chi connectivity index (χ1n) is 6.87. The van der Waals surface area contributed by atoms with Gasteiger partial charge >= 0.3 is 0 Å². The highest BCUT2D eigenvalue weighted by atomic mass is 32.2. The van der Waals surface area contributed by atoms with E-state index in [-0.39, 0.29) is 5.84 Å². The Labute approximate surface area is 129 Å². The number of nitrogens with zero attached hydrogens (tertiary/aromatic N) is 1. The molecular weight excluding hydrogens is 280 g/mol. The van der Waals surface area contributed by atoms with Gasteiger partial charge in [-0.3, -0.25) is 0 Å². The third kappa shape index (κ3) is 3.79. The molecule has 0 aliphatic heterocycles. The molecule has 2 aromatic carbocycles. The van der Waals surface area contributed by atoms with Gasteiger partial charge in [0.1, 0.15) is 0 Å². The minimum absolute atomic E-state index is 0.135. The predicted molar refractivity (Wildman–Crippen MR) is 88.3 cm³/mol. The molecule has 21 heavy (non-hydrogen) atoms. The van der Waals surface area contributed by atoms with Crippen LogP contribution in [0.15, 0.2) is 57.4 Å². The maximum absolute atomic E-state index is 8.90. The topological polar surface area (TPSA) is 58.6 Å². The van der Waals surface area contributed by atoms with E-state index >= 15 is 0 Å². The van der Waals surface area contributed by atoms with Crippen LogP contribution >= 0.6 is 11.8 Å². The van der Waals surface area contributed by atoms with Crippen molar-refractivity contribution in [2.75, 3.05) is 0 Å². The average Bonchev–Trinajstić information content (AvgIpc) is 2.47. The van der Waals surface area contributed by atoms with Gasteiger partial charge in [-0.1, -0.05) is 49.0 Å². The lowest BCUT2D eigenvalue weighted by atomic mass is 10.0. The van der Waals surface area contributed by atoms with Crippen LogP contribution in [0, 0.1) is 6.92 Å². The summed E-state index contributed by atoms with van der Waals surface area (Å²) in [6, 6.07) is 14.4. The van der Waals surface area contributed by atoms with Gasteiger partial charge in [0.05, 0.1) is 0 Å². The van der Waals surface area contributed by atoms with Crippen LogP contribution in [0.1, 0.15) is 36.5 Å². The number of amidine groups is 1. The maximum atomic E-state index is 8.90. The molecule has 0 bridgehead atoms. The fraction of sp³-hybridized carbons (Fsp3) is 0.235. The molecule has 0 saturated carbocycles. The zero-order valence-corrected chi connectivity index (χ0v) is 13.3. The van der Waals surface area contributed by atoms with Gasteiger partial charge in [-0.25, -0.2) is 0 Å². The Morgan fingerprint density at radius 1 is 1.14 bits per heavy atom. The molecule has 0 radical (unpaired) electrons. The number of aryl methyl sites for hydroxylation is 1. The van der Waals surface area contributed by atoms with E-state index in [1.807, 2.05) is 25.1 Å². The zero-order chi connectivity index (χ0) is 15.4. The fourth-order valence-electron chi connectivity index (χ4n) is 2.03. The normalized spacial score (nSPS) is 11.9. The lowest BCUT2D eigenvalue weighted by molar-refractivity contribution is 0.318. The minimum Gasteiger partial charge on any atom is -0.409 e. The van der Waals surface area contributed by atoms with Gasteiger partial charge in [-0.05, 0) is 48.2 Å². The first-order chi connectivity index (χ1) is 10.0. The van der Waals surface area contributed by atoms with Crippen molar-refractivity contribution in [2.24, 2.45) is 10.9 Å². The van der Waals surface area contributed by atoms with Crippen LogP contribution in [0.5, 0.6) is 0 Å². The van der Waals surface area contributed by atoms with Gasteiger partial charge in [0.2, 0.25) is 0 Å². The number of hydrogen-bond acceptors (Lipinski definition) is 3. The van der Waals surface area contributed by atoms with E-state index in [1.54, 1.807) is 11.8 Å². The molecule has 0 aliphatic carbocycles. The van der Waals surface area contributed by atoms with Crippen LogP contribution in [0.25, 0.3) is 0 Å². The molecule has 2 rings (SSSR count). The smallest absolute Gasteiger partial charge is 0.171 e. The summed E-state index contributed by atoms with van der Waals surface area (Å²) in [5.74, 6) is 0.659. The molecule has 0 atom stereocenters. The molecular formula is C17H20N2OS. The number of rotatable bonds is 4. The van der Waals surface area contributed by atoms with Crippen LogP contribution in [0.4, 0.5) is 0 Å².